The van der Waals surface area contributed by atoms with E-state index in [4.69, 9.17) is 0 Å². The molecule has 0 bridgehead atoms. The van der Waals surface area contributed by atoms with Crippen LogP contribution < -0.4 is 15.5 Å². The summed E-state index contributed by atoms with van der Waals surface area (Å²) < 4.78 is 41.8. The van der Waals surface area contributed by atoms with Crippen molar-refractivity contribution in [2.75, 3.05) is 31.1 Å². The summed E-state index contributed by atoms with van der Waals surface area (Å²) in [6, 6.07) is 1.68. The monoisotopic (exact) mass is 528 g/mol. The molecule has 2 aliphatic rings. The van der Waals surface area contributed by atoms with Crippen LogP contribution in [0.3, 0.4) is 0 Å². The number of benzene rings is 1. The first-order chi connectivity index (χ1) is 16.8. The van der Waals surface area contributed by atoms with Crippen molar-refractivity contribution in [3.63, 3.8) is 0 Å². The highest BCUT2D eigenvalue weighted by Crippen LogP contribution is 2.48. The van der Waals surface area contributed by atoms with Crippen molar-refractivity contribution >= 4 is 35.2 Å². The van der Waals surface area contributed by atoms with Gasteiger partial charge in [0.2, 0.25) is 11.8 Å². The van der Waals surface area contributed by atoms with E-state index >= 15 is 0 Å². The van der Waals surface area contributed by atoms with Crippen molar-refractivity contribution in [2.24, 2.45) is 0 Å². The van der Waals surface area contributed by atoms with Crippen LogP contribution in [0.1, 0.15) is 69.8 Å². The number of carbonyl (C=O) groups is 3. The van der Waals surface area contributed by atoms with Gasteiger partial charge in [0.15, 0.2) is 0 Å². The lowest BCUT2D eigenvalue weighted by Gasteiger charge is -2.40. The van der Waals surface area contributed by atoms with Gasteiger partial charge in [-0.2, -0.15) is 13.2 Å². The summed E-state index contributed by atoms with van der Waals surface area (Å²) in [5.74, 6) is -1.18. The van der Waals surface area contributed by atoms with Crippen LogP contribution in [0.5, 0.6) is 0 Å². The molecule has 3 rings (SSSR count). The number of nitrogens with one attached hydrogen (secondary N) is 2. The third kappa shape index (κ3) is 5.99. The smallest absolute Gasteiger partial charge is 0.354 e. The van der Waals surface area contributed by atoms with Crippen molar-refractivity contribution in [3.05, 3.63) is 23.3 Å². The predicted octanol–water partition coefficient (Wildman–Crippen LogP) is 4.05. The van der Waals surface area contributed by atoms with Crippen LogP contribution in [0, 0.1) is 0 Å². The lowest BCUT2D eigenvalue weighted by atomic mass is 9.98. The molecule has 0 unspecified atom stereocenters. The summed E-state index contributed by atoms with van der Waals surface area (Å²) in [7, 11) is 0. The van der Waals surface area contributed by atoms with E-state index in [9.17, 15) is 27.6 Å². The molecular formula is C25H35F3N4O3S. The maximum absolute atomic E-state index is 14.3. The number of halogens is 3. The van der Waals surface area contributed by atoms with E-state index in [0.29, 0.717) is 13.0 Å². The van der Waals surface area contributed by atoms with E-state index in [0.717, 1.165) is 30.8 Å². The van der Waals surface area contributed by atoms with E-state index in [1.165, 1.54) is 15.9 Å². The fourth-order valence-electron chi connectivity index (χ4n) is 4.71. The number of hydrogen-bond acceptors (Lipinski definition) is 5. The Morgan fingerprint density at radius 2 is 2.00 bits per heavy atom. The molecule has 1 fully saturated rings. The van der Waals surface area contributed by atoms with Crippen molar-refractivity contribution in [3.8, 4) is 0 Å². The molecule has 2 aliphatic heterocycles. The second-order valence-corrected chi connectivity index (χ2v) is 11.6. The molecule has 0 spiro atoms. The number of hydrogen-bond donors (Lipinski definition) is 2. The minimum Gasteiger partial charge on any atom is -0.354 e. The highest BCUT2D eigenvalue weighted by molar-refractivity contribution is 8.01. The van der Waals surface area contributed by atoms with Crippen molar-refractivity contribution < 1.29 is 27.6 Å². The lowest BCUT2D eigenvalue weighted by molar-refractivity contribution is -0.138. The lowest BCUT2D eigenvalue weighted by Crippen LogP contribution is -2.52. The average Bonchev–Trinajstić information content (AvgIpc) is 2.80. The summed E-state index contributed by atoms with van der Waals surface area (Å²) in [6.07, 6.45) is -2.94. The number of piperidine rings is 1. The molecule has 0 aromatic heterocycles. The molecule has 0 aliphatic carbocycles. The molecule has 200 valence electrons. The molecule has 11 heteroatoms. The summed E-state index contributed by atoms with van der Waals surface area (Å²) in [5, 5.41) is 5.93. The maximum atomic E-state index is 14.3. The van der Waals surface area contributed by atoms with E-state index in [1.807, 2.05) is 0 Å². The highest BCUT2D eigenvalue weighted by atomic mass is 32.2. The van der Waals surface area contributed by atoms with Gasteiger partial charge in [-0.3, -0.25) is 14.4 Å². The summed E-state index contributed by atoms with van der Waals surface area (Å²) >= 11 is 1.05. The normalized spacial score (nSPS) is 19.8. The van der Waals surface area contributed by atoms with Gasteiger partial charge in [-0.1, -0.05) is 6.92 Å². The molecule has 0 saturated carbocycles. The molecule has 2 heterocycles. The van der Waals surface area contributed by atoms with Gasteiger partial charge in [-0.05, 0) is 59.2 Å². The second kappa shape index (κ2) is 11.0. The number of amides is 3. The van der Waals surface area contributed by atoms with Gasteiger partial charge in [0.1, 0.15) is 0 Å². The fourth-order valence-corrected chi connectivity index (χ4v) is 5.91. The Bertz CT molecular complexity index is 1010. The number of nitrogens with zero attached hydrogens (tertiary/aromatic N) is 2. The van der Waals surface area contributed by atoms with Crippen LogP contribution >= 0.6 is 11.8 Å². The Kier molecular flexibility index (Phi) is 8.65. The number of fused-ring (bicyclic) bond motifs is 1. The van der Waals surface area contributed by atoms with E-state index in [2.05, 4.69) is 10.6 Å². The minimum atomic E-state index is -4.75. The van der Waals surface area contributed by atoms with Crippen molar-refractivity contribution in [1.29, 1.82) is 0 Å². The number of carbonyl (C=O) groups excluding carboxylic acids is 3. The first kappa shape index (κ1) is 28.3. The molecule has 0 radical (unpaired) electrons. The largest absolute Gasteiger partial charge is 0.417 e. The van der Waals surface area contributed by atoms with Crippen LogP contribution in [0.25, 0.3) is 0 Å². The standard InChI is InChI=1S/C25H35F3N4O3S/c1-6-21(33)30-10-11-31-19-12-17(22(34)32(15(2)3)16-8-7-9-29-14-16)18(25(26,27)28)13-20(19)36-24(4,5)23(31)35/h12-13,15-16,29H,6-11,14H2,1-5H3,(H,30,33)/t16-/m1/s1. The Labute approximate surface area is 214 Å². The minimum absolute atomic E-state index is 0.0843. The molecule has 1 atom stereocenters. The van der Waals surface area contributed by atoms with E-state index in [-0.39, 0.29) is 54.0 Å². The van der Waals surface area contributed by atoms with Crippen LogP contribution in [0.2, 0.25) is 0 Å². The molecular weight excluding hydrogens is 493 g/mol. The SMILES string of the molecule is CCC(=O)NCCN1C(=O)C(C)(C)Sc2cc(C(F)(F)F)c(C(=O)N(C(C)C)[C@@H]3CCCNC3)cc21. The van der Waals surface area contributed by atoms with Crippen molar-refractivity contribution in [2.45, 2.75) is 81.8 Å². The summed E-state index contributed by atoms with van der Waals surface area (Å²) in [6.45, 7) is 10.2. The maximum Gasteiger partial charge on any atom is 0.417 e. The van der Waals surface area contributed by atoms with Crippen LogP contribution in [-0.4, -0.2) is 65.6 Å². The van der Waals surface area contributed by atoms with Gasteiger partial charge in [-0.25, -0.2) is 0 Å². The third-order valence-corrected chi connectivity index (χ3v) is 7.72. The van der Waals surface area contributed by atoms with Gasteiger partial charge in [0.05, 0.1) is 21.6 Å². The Morgan fingerprint density at radius 3 is 2.56 bits per heavy atom. The Hall–Kier alpha value is -2.27. The first-order valence-electron chi connectivity index (χ1n) is 12.3. The van der Waals surface area contributed by atoms with Gasteiger partial charge >= 0.3 is 6.18 Å². The zero-order valence-corrected chi connectivity index (χ0v) is 22.2. The number of thioether (sulfide) groups is 1. The Balaban J connectivity index is 2.10. The number of alkyl halides is 3. The molecule has 7 nitrogen and oxygen atoms in total. The quantitative estimate of drug-likeness (QED) is 0.558. The van der Waals surface area contributed by atoms with Gasteiger partial charge in [-0.15, -0.1) is 11.8 Å². The third-order valence-electron chi connectivity index (χ3n) is 6.48. The average molecular weight is 529 g/mol. The molecule has 1 aromatic carbocycles. The Morgan fingerprint density at radius 1 is 1.31 bits per heavy atom. The topological polar surface area (TPSA) is 81.8 Å². The second-order valence-electron chi connectivity index (χ2n) is 9.94. The van der Waals surface area contributed by atoms with Crippen LogP contribution in [-0.2, 0) is 15.8 Å². The zero-order valence-electron chi connectivity index (χ0n) is 21.4. The molecule has 3 amide bonds. The molecule has 2 N–H and O–H groups in total. The highest BCUT2D eigenvalue weighted by Gasteiger charge is 2.44. The fraction of sp³-hybridized carbons (Fsp3) is 0.640. The molecule has 1 aromatic rings. The predicted molar refractivity (Wildman–Crippen MR) is 134 cm³/mol. The summed E-state index contributed by atoms with van der Waals surface area (Å²) in [5.41, 5.74) is -1.20. The number of anilines is 1. The van der Waals surface area contributed by atoms with E-state index in [1.54, 1.807) is 34.6 Å². The van der Waals surface area contributed by atoms with E-state index < -0.39 is 28.0 Å². The summed E-state index contributed by atoms with van der Waals surface area (Å²) in [4.78, 5) is 41.9. The number of rotatable bonds is 7. The van der Waals surface area contributed by atoms with Gasteiger partial charge in [0, 0.05) is 43.0 Å². The molecule has 1 saturated heterocycles. The van der Waals surface area contributed by atoms with Gasteiger partial charge < -0.3 is 20.4 Å². The van der Waals surface area contributed by atoms with Crippen molar-refractivity contribution in [1.82, 2.24) is 15.5 Å². The molecule has 36 heavy (non-hydrogen) atoms. The zero-order chi connectivity index (χ0) is 26.8. The van der Waals surface area contributed by atoms with Gasteiger partial charge in [0.25, 0.3) is 5.91 Å². The first-order valence-corrected chi connectivity index (χ1v) is 13.2. The van der Waals surface area contributed by atoms with Crippen LogP contribution in [0.4, 0.5) is 18.9 Å². The van der Waals surface area contributed by atoms with Crippen LogP contribution in [0.15, 0.2) is 17.0 Å².